The number of carbonyl (C=O) groups is 1. The number of hydrogen-bond acceptors (Lipinski definition) is 7. The molecule has 0 spiro atoms. The Morgan fingerprint density at radius 3 is 1.90 bits per heavy atom. The number of aliphatic hydroxyl groups is 2. The average Bonchev–Trinajstić information content (AvgIpc) is 2.74. The zero-order valence-electron chi connectivity index (χ0n) is 16.2. The van der Waals surface area contributed by atoms with Crippen molar-refractivity contribution in [3.05, 3.63) is 71.8 Å². The Hall–Kier alpha value is -2.29. The van der Waals surface area contributed by atoms with Gasteiger partial charge in [0.15, 0.2) is 12.4 Å². The first-order valence-electron chi connectivity index (χ1n) is 9.51. The summed E-state index contributed by atoms with van der Waals surface area (Å²) in [5.74, 6) is -0.574. The van der Waals surface area contributed by atoms with Gasteiger partial charge in [0.05, 0.1) is 19.8 Å². The number of aliphatic hydroxyl groups excluding tert-OH is 2. The summed E-state index contributed by atoms with van der Waals surface area (Å²) in [5.41, 5.74) is 1.85. The summed E-state index contributed by atoms with van der Waals surface area (Å²) < 4.78 is 22.8. The van der Waals surface area contributed by atoms with Crippen LogP contribution in [0, 0.1) is 0 Å². The van der Waals surface area contributed by atoms with Gasteiger partial charge in [0.1, 0.15) is 18.3 Å². The molecule has 0 aliphatic carbocycles. The van der Waals surface area contributed by atoms with Gasteiger partial charge >= 0.3 is 5.97 Å². The molecule has 1 fully saturated rings. The summed E-state index contributed by atoms with van der Waals surface area (Å²) in [4.78, 5) is 11.6. The summed E-state index contributed by atoms with van der Waals surface area (Å²) in [5, 5.41) is 20.1. The van der Waals surface area contributed by atoms with Crippen LogP contribution in [0.2, 0.25) is 0 Å². The molecular formula is C22H26O7. The van der Waals surface area contributed by atoms with Crippen molar-refractivity contribution in [2.75, 3.05) is 6.61 Å². The van der Waals surface area contributed by atoms with Crippen LogP contribution in [0.4, 0.5) is 0 Å². The first-order valence-corrected chi connectivity index (χ1v) is 9.51. The van der Waals surface area contributed by atoms with Gasteiger partial charge in [0.25, 0.3) is 0 Å². The maximum absolute atomic E-state index is 11.6. The molecule has 1 saturated heterocycles. The summed E-state index contributed by atoms with van der Waals surface area (Å²) in [7, 11) is 0. The maximum Gasteiger partial charge on any atom is 0.303 e. The molecule has 7 nitrogen and oxygen atoms in total. The van der Waals surface area contributed by atoms with Crippen LogP contribution in [0.3, 0.4) is 0 Å². The van der Waals surface area contributed by atoms with Gasteiger partial charge in [0, 0.05) is 6.92 Å². The number of carbonyl (C=O) groups excluding carboxylic acids is 1. The monoisotopic (exact) mass is 402 g/mol. The minimum Gasteiger partial charge on any atom is -0.454 e. The molecule has 0 aromatic heterocycles. The zero-order valence-corrected chi connectivity index (χ0v) is 16.2. The van der Waals surface area contributed by atoms with E-state index in [0.717, 1.165) is 11.1 Å². The molecule has 0 saturated carbocycles. The lowest BCUT2D eigenvalue weighted by molar-refractivity contribution is -0.307. The van der Waals surface area contributed by atoms with Crippen molar-refractivity contribution in [2.45, 2.75) is 50.8 Å². The van der Waals surface area contributed by atoms with Crippen LogP contribution in [0.1, 0.15) is 18.1 Å². The number of benzene rings is 2. The molecule has 3 rings (SSSR count). The van der Waals surface area contributed by atoms with Crippen molar-refractivity contribution >= 4 is 5.97 Å². The van der Waals surface area contributed by atoms with Gasteiger partial charge in [-0.15, -0.1) is 0 Å². The normalized spacial score (nSPS) is 26.8. The number of esters is 1. The Kier molecular flexibility index (Phi) is 7.74. The first-order chi connectivity index (χ1) is 14.1. The molecule has 1 aliphatic heterocycles. The van der Waals surface area contributed by atoms with Crippen molar-refractivity contribution < 1.29 is 34.0 Å². The lowest BCUT2D eigenvalue weighted by Gasteiger charge is -2.43. The van der Waals surface area contributed by atoms with E-state index in [1.807, 2.05) is 60.7 Å². The molecule has 7 heteroatoms. The smallest absolute Gasteiger partial charge is 0.303 e. The molecule has 0 bridgehead atoms. The van der Waals surface area contributed by atoms with Crippen molar-refractivity contribution in [2.24, 2.45) is 0 Å². The highest BCUT2D eigenvalue weighted by Gasteiger charge is 2.48. The van der Waals surface area contributed by atoms with Crippen LogP contribution in [0.15, 0.2) is 60.7 Å². The quantitative estimate of drug-likeness (QED) is 0.650. The van der Waals surface area contributed by atoms with Crippen LogP contribution in [-0.4, -0.2) is 53.5 Å². The summed E-state index contributed by atoms with van der Waals surface area (Å²) in [6.45, 7) is 1.34. The predicted molar refractivity (Wildman–Crippen MR) is 104 cm³/mol. The van der Waals surface area contributed by atoms with E-state index < -0.39 is 36.7 Å². The molecule has 2 N–H and O–H groups in total. The van der Waals surface area contributed by atoms with Crippen LogP contribution in [0.5, 0.6) is 0 Å². The zero-order chi connectivity index (χ0) is 20.6. The molecule has 1 aliphatic rings. The minimum atomic E-state index is -1.44. The van der Waals surface area contributed by atoms with E-state index in [1.165, 1.54) is 6.92 Å². The van der Waals surface area contributed by atoms with Crippen molar-refractivity contribution in [1.82, 2.24) is 0 Å². The molecule has 2 aromatic rings. The van der Waals surface area contributed by atoms with Crippen LogP contribution in [0.25, 0.3) is 0 Å². The van der Waals surface area contributed by atoms with Crippen molar-refractivity contribution in [3.8, 4) is 0 Å². The van der Waals surface area contributed by atoms with E-state index in [1.54, 1.807) is 0 Å². The van der Waals surface area contributed by atoms with Gasteiger partial charge in [-0.3, -0.25) is 4.79 Å². The van der Waals surface area contributed by atoms with Crippen LogP contribution < -0.4 is 0 Å². The fourth-order valence-corrected chi connectivity index (χ4v) is 3.28. The summed E-state index contributed by atoms with van der Waals surface area (Å²) in [6.07, 6.45) is -4.94. The molecule has 29 heavy (non-hydrogen) atoms. The van der Waals surface area contributed by atoms with Gasteiger partial charge in [-0.05, 0) is 11.1 Å². The minimum absolute atomic E-state index is 0.222. The molecule has 2 aromatic carbocycles. The largest absolute Gasteiger partial charge is 0.454 e. The Balaban J connectivity index is 1.80. The standard InChI is InChI=1S/C22H26O7/c1-15(24)28-21-20(27-14-17-10-6-3-7-11-17)19(18(12-23)29-22(21)25)26-13-16-8-4-2-5-9-16/h2-11,18-23,25H,12-14H2,1H3. The van der Waals surface area contributed by atoms with Crippen molar-refractivity contribution in [1.29, 1.82) is 0 Å². The van der Waals surface area contributed by atoms with E-state index >= 15 is 0 Å². The lowest BCUT2D eigenvalue weighted by Crippen LogP contribution is -2.61. The Morgan fingerprint density at radius 1 is 0.897 bits per heavy atom. The van der Waals surface area contributed by atoms with E-state index in [4.69, 9.17) is 18.9 Å². The Labute approximate surface area is 169 Å². The lowest BCUT2D eigenvalue weighted by atomic mass is 9.98. The van der Waals surface area contributed by atoms with Gasteiger partial charge in [0.2, 0.25) is 0 Å². The van der Waals surface area contributed by atoms with Crippen LogP contribution in [-0.2, 0) is 37.0 Å². The molecule has 156 valence electrons. The third-order valence-electron chi connectivity index (χ3n) is 4.66. The Morgan fingerprint density at radius 2 is 1.41 bits per heavy atom. The SMILES string of the molecule is CC(=O)OC1C(O)OC(CO)C(OCc2ccccc2)C1OCc1ccccc1. The molecule has 5 atom stereocenters. The maximum atomic E-state index is 11.6. The van der Waals surface area contributed by atoms with E-state index in [-0.39, 0.29) is 19.8 Å². The first kappa shape index (κ1) is 21.4. The van der Waals surface area contributed by atoms with Gasteiger partial charge < -0.3 is 29.2 Å². The van der Waals surface area contributed by atoms with E-state index in [9.17, 15) is 15.0 Å². The van der Waals surface area contributed by atoms with Gasteiger partial charge in [-0.1, -0.05) is 60.7 Å². The predicted octanol–water partition coefficient (Wildman–Crippen LogP) is 1.80. The highest BCUT2D eigenvalue weighted by Crippen LogP contribution is 2.28. The summed E-state index contributed by atoms with van der Waals surface area (Å²) in [6, 6.07) is 19.0. The number of ether oxygens (including phenoxy) is 4. The molecular weight excluding hydrogens is 376 g/mol. The van der Waals surface area contributed by atoms with Gasteiger partial charge in [-0.2, -0.15) is 0 Å². The molecule has 0 amide bonds. The third-order valence-corrected chi connectivity index (χ3v) is 4.66. The Bertz CT molecular complexity index is 752. The van der Waals surface area contributed by atoms with E-state index in [2.05, 4.69) is 0 Å². The number of rotatable bonds is 8. The average molecular weight is 402 g/mol. The van der Waals surface area contributed by atoms with E-state index in [0.29, 0.717) is 0 Å². The third kappa shape index (κ3) is 5.85. The van der Waals surface area contributed by atoms with Gasteiger partial charge in [-0.25, -0.2) is 0 Å². The topological polar surface area (TPSA) is 94.5 Å². The molecule has 1 heterocycles. The fraction of sp³-hybridized carbons (Fsp3) is 0.409. The second-order valence-electron chi connectivity index (χ2n) is 6.84. The second kappa shape index (κ2) is 10.5. The fourth-order valence-electron chi connectivity index (χ4n) is 3.28. The van der Waals surface area contributed by atoms with Crippen molar-refractivity contribution in [3.63, 3.8) is 0 Å². The molecule has 0 radical (unpaired) electrons. The highest BCUT2D eigenvalue weighted by atomic mass is 16.7. The summed E-state index contributed by atoms with van der Waals surface area (Å²) >= 11 is 0. The van der Waals surface area contributed by atoms with Crippen LogP contribution >= 0.6 is 0 Å². The second-order valence-corrected chi connectivity index (χ2v) is 6.84. The molecule has 5 unspecified atom stereocenters. The highest BCUT2D eigenvalue weighted by molar-refractivity contribution is 5.66. The number of hydrogen-bond donors (Lipinski definition) is 2.